The molecule has 0 bridgehead atoms. The summed E-state index contributed by atoms with van der Waals surface area (Å²) in [5.41, 5.74) is 16.8. The van der Waals surface area contributed by atoms with Crippen molar-refractivity contribution >= 4 is 45.2 Å². The van der Waals surface area contributed by atoms with Gasteiger partial charge in [0.1, 0.15) is 0 Å². The van der Waals surface area contributed by atoms with Crippen LogP contribution in [-0.2, 0) is 4.74 Å². The van der Waals surface area contributed by atoms with Crippen LogP contribution in [0.25, 0.3) is 0 Å². The van der Waals surface area contributed by atoms with E-state index < -0.39 is 27.6 Å². The van der Waals surface area contributed by atoms with Gasteiger partial charge in [-0.3, -0.25) is 0 Å². The predicted molar refractivity (Wildman–Crippen MR) is 249 cm³/mol. The molecule has 55 heavy (non-hydrogen) atoms. The Morgan fingerprint density at radius 3 is 1.18 bits per heavy atom. The van der Waals surface area contributed by atoms with Crippen molar-refractivity contribution in [3.05, 3.63) is 137 Å². The van der Waals surface area contributed by atoms with Crippen LogP contribution in [0, 0.1) is 93.9 Å². The molecule has 0 heterocycles. The Morgan fingerprint density at radius 2 is 0.891 bits per heavy atom. The van der Waals surface area contributed by atoms with Crippen molar-refractivity contribution in [2.24, 2.45) is 10.8 Å². The minimum absolute atomic E-state index is 0.00291. The van der Waals surface area contributed by atoms with Crippen molar-refractivity contribution in [3.63, 3.8) is 0 Å². The van der Waals surface area contributed by atoms with Crippen molar-refractivity contribution in [2.75, 3.05) is 6.61 Å². The molecule has 0 aliphatic rings. The second-order valence-electron chi connectivity index (χ2n) is 19.4. The van der Waals surface area contributed by atoms with Crippen LogP contribution in [0.3, 0.4) is 0 Å². The molecule has 4 rings (SSSR count). The molecule has 4 aromatic rings. The van der Waals surface area contributed by atoms with E-state index in [1.165, 1.54) is 80.1 Å². The predicted octanol–water partition coefficient (Wildman–Crippen LogP) is 11.7. The summed E-state index contributed by atoms with van der Waals surface area (Å²) in [6.07, 6.45) is 6.40. The van der Waals surface area contributed by atoms with E-state index >= 15 is 0 Å². The van der Waals surface area contributed by atoms with Gasteiger partial charge in [0, 0.05) is 0 Å². The molecule has 0 aliphatic heterocycles. The molecule has 3 heteroatoms. The fourth-order valence-corrected chi connectivity index (χ4v) is 31.0. The van der Waals surface area contributed by atoms with Crippen LogP contribution in [0.5, 0.6) is 0 Å². The molecular formula is C52H73Ge2O. The SMILES string of the molecule is CCO/[C](=C\[CH](CC(C)(C)C)[Ge]([c]1c(C)cc(C)cc1C)[c]1c(C)cc(C)cc1C)[Ge](/[CH]=C/C(C)(C)C)([c]1c(C)cc(C)cc1C)[c]1c(C)cc(C)cc1C. The van der Waals surface area contributed by atoms with E-state index in [9.17, 15) is 0 Å². The molecule has 1 atom stereocenters. The van der Waals surface area contributed by atoms with Gasteiger partial charge in [-0.1, -0.05) is 0 Å². The van der Waals surface area contributed by atoms with Crippen LogP contribution >= 0.6 is 0 Å². The zero-order chi connectivity index (χ0) is 41.4. The number of hydrogen-bond acceptors (Lipinski definition) is 1. The first-order valence-electron chi connectivity index (χ1n) is 20.7. The quantitative estimate of drug-likeness (QED) is 0.108. The number of allylic oxidation sites excluding steroid dienone is 2. The average molecular weight is 859 g/mol. The fraction of sp³-hybridized carbons (Fsp3) is 0.462. The van der Waals surface area contributed by atoms with Gasteiger partial charge in [0.2, 0.25) is 0 Å². The summed E-state index contributed by atoms with van der Waals surface area (Å²) in [5, 5.41) is 0. The summed E-state index contributed by atoms with van der Waals surface area (Å²) < 4.78 is 15.3. The molecule has 1 unspecified atom stereocenters. The summed E-state index contributed by atoms with van der Waals surface area (Å²) in [7, 11) is 0. The first-order chi connectivity index (χ1) is 25.4. The van der Waals surface area contributed by atoms with Crippen LogP contribution < -0.4 is 17.6 Å². The van der Waals surface area contributed by atoms with Gasteiger partial charge in [-0.2, -0.15) is 0 Å². The first kappa shape index (κ1) is 45.0. The molecule has 0 N–H and O–H groups in total. The molecule has 0 amide bonds. The van der Waals surface area contributed by atoms with Crippen molar-refractivity contribution in [1.29, 1.82) is 0 Å². The van der Waals surface area contributed by atoms with E-state index in [1.54, 1.807) is 8.79 Å². The van der Waals surface area contributed by atoms with Crippen molar-refractivity contribution in [1.82, 2.24) is 0 Å². The number of ether oxygens (including phenoxy) is 1. The van der Waals surface area contributed by atoms with Crippen LogP contribution in [0.4, 0.5) is 0 Å². The van der Waals surface area contributed by atoms with E-state index in [1.807, 2.05) is 0 Å². The Morgan fingerprint density at radius 1 is 0.564 bits per heavy atom. The summed E-state index contributed by atoms with van der Waals surface area (Å²) in [5.74, 6) is 0. The average Bonchev–Trinajstić information content (AvgIpc) is 2.99. The van der Waals surface area contributed by atoms with Gasteiger partial charge in [-0.05, 0) is 0 Å². The van der Waals surface area contributed by atoms with E-state index in [2.05, 4.69) is 197 Å². The molecular weight excluding hydrogens is 786 g/mol. The summed E-state index contributed by atoms with van der Waals surface area (Å²) in [4.78, 5) is 2.73. The Kier molecular flexibility index (Phi) is 14.2. The molecule has 0 aliphatic carbocycles. The van der Waals surface area contributed by atoms with Gasteiger partial charge in [-0.15, -0.1) is 0 Å². The van der Waals surface area contributed by atoms with Gasteiger partial charge < -0.3 is 0 Å². The Bertz CT molecular complexity index is 1890. The maximum absolute atomic E-state index is 7.41. The van der Waals surface area contributed by atoms with E-state index in [4.69, 9.17) is 4.74 Å². The van der Waals surface area contributed by atoms with Crippen molar-refractivity contribution in [2.45, 2.75) is 143 Å². The first-order valence-corrected chi connectivity index (χ1v) is 28.3. The van der Waals surface area contributed by atoms with Crippen molar-refractivity contribution < 1.29 is 4.74 Å². The third-order valence-electron chi connectivity index (χ3n) is 11.1. The normalized spacial score (nSPS) is 13.6. The zero-order valence-corrected chi connectivity index (χ0v) is 42.4. The molecule has 1 radical (unpaired) electrons. The van der Waals surface area contributed by atoms with Crippen molar-refractivity contribution in [3.8, 4) is 0 Å². The molecule has 295 valence electrons. The Labute approximate surface area is 345 Å². The third kappa shape index (κ3) is 10.2. The summed E-state index contributed by atoms with van der Waals surface area (Å²) >= 11 is -6.23. The number of rotatable bonds is 11. The van der Waals surface area contributed by atoms with E-state index in [-0.39, 0.29) is 10.8 Å². The van der Waals surface area contributed by atoms with Crippen LogP contribution in [0.15, 0.2) is 70.2 Å². The standard InChI is InChI=1S/C52H73Ge2O/c1-20-55-46(54(22-21-51(14,15)16,49-41(10)27-35(4)28-42(49)11)50-43(12)29-36(5)30-44(50)13)31-45(32-52(17,18)19)53(47-37(6)23-33(2)24-38(47)7)48-39(8)25-34(3)26-40(48)9/h21-31,45H,20,32H2,1-19H3/b22-21+,46-31-. The van der Waals surface area contributed by atoms with Crippen LogP contribution in [0.2, 0.25) is 4.75 Å². The van der Waals surface area contributed by atoms with Crippen LogP contribution in [0.1, 0.15) is 122 Å². The molecule has 4 aromatic carbocycles. The number of aryl methyl sites for hydroxylation is 12. The second-order valence-corrected chi connectivity index (χ2v) is 32.0. The van der Waals surface area contributed by atoms with Gasteiger partial charge in [0.05, 0.1) is 0 Å². The Balaban J connectivity index is 2.36. The molecule has 0 saturated heterocycles. The fourth-order valence-electron chi connectivity index (χ4n) is 9.84. The zero-order valence-electron chi connectivity index (χ0n) is 38.3. The van der Waals surface area contributed by atoms with Gasteiger partial charge in [0.15, 0.2) is 0 Å². The Hall–Kier alpha value is -2.75. The molecule has 0 saturated carbocycles. The third-order valence-corrected chi connectivity index (χ3v) is 29.3. The molecule has 0 spiro atoms. The van der Waals surface area contributed by atoms with Gasteiger partial charge >= 0.3 is 347 Å². The topological polar surface area (TPSA) is 9.23 Å². The molecule has 0 fully saturated rings. The molecule has 1 nitrogen and oxygen atoms in total. The molecule has 0 aromatic heterocycles. The minimum atomic E-state index is -3.83. The van der Waals surface area contributed by atoms with Crippen LogP contribution in [-0.4, -0.2) is 34.2 Å². The summed E-state index contributed by atoms with van der Waals surface area (Å²) in [6, 6.07) is 19.5. The maximum atomic E-state index is 7.41. The summed E-state index contributed by atoms with van der Waals surface area (Å²) in [6.45, 7) is 45.3. The number of benzene rings is 4. The number of hydrogen-bond donors (Lipinski definition) is 0. The van der Waals surface area contributed by atoms with E-state index in [0.29, 0.717) is 11.4 Å². The van der Waals surface area contributed by atoms with Gasteiger partial charge in [0.25, 0.3) is 0 Å². The van der Waals surface area contributed by atoms with Gasteiger partial charge in [-0.25, -0.2) is 0 Å². The van der Waals surface area contributed by atoms with E-state index in [0.717, 1.165) is 6.42 Å². The second kappa shape index (κ2) is 17.4. The monoisotopic (exact) mass is 861 g/mol.